The van der Waals surface area contributed by atoms with Gasteiger partial charge in [-0.3, -0.25) is 0 Å². The first kappa shape index (κ1) is 10.1. The molecule has 15 heavy (non-hydrogen) atoms. The molecule has 0 amide bonds. The minimum atomic E-state index is 0.315. The maximum absolute atomic E-state index is 9.65. The SMILES string of the molecule is OCC1(CC2CCOCC2)CC2CC2C1. The van der Waals surface area contributed by atoms with E-state index in [1.54, 1.807) is 0 Å². The van der Waals surface area contributed by atoms with Gasteiger partial charge >= 0.3 is 0 Å². The Morgan fingerprint density at radius 1 is 1.13 bits per heavy atom. The molecule has 86 valence electrons. The van der Waals surface area contributed by atoms with Crippen molar-refractivity contribution in [1.82, 2.24) is 0 Å². The maximum Gasteiger partial charge on any atom is 0.0487 e. The van der Waals surface area contributed by atoms with E-state index in [9.17, 15) is 5.11 Å². The Bertz CT molecular complexity index is 223. The van der Waals surface area contributed by atoms with E-state index < -0.39 is 0 Å². The zero-order chi connectivity index (χ0) is 10.3. The lowest BCUT2D eigenvalue weighted by atomic mass is 9.74. The largest absolute Gasteiger partial charge is 0.396 e. The Morgan fingerprint density at radius 3 is 2.40 bits per heavy atom. The molecule has 2 aliphatic carbocycles. The summed E-state index contributed by atoms with van der Waals surface area (Å²) in [7, 11) is 0. The molecule has 3 rings (SSSR count). The Kier molecular flexibility index (Phi) is 2.52. The van der Waals surface area contributed by atoms with Gasteiger partial charge in [-0.2, -0.15) is 0 Å². The number of rotatable bonds is 3. The lowest BCUT2D eigenvalue weighted by Crippen LogP contribution is -2.29. The summed E-state index contributed by atoms with van der Waals surface area (Å²) in [4.78, 5) is 0. The number of hydrogen-bond acceptors (Lipinski definition) is 2. The van der Waals surface area contributed by atoms with Crippen LogP contribution >= 0.6 is 0 Å². The van der Waals surface area contributed by atoms with E-state index in [0.29, 0.717) is 12.0 Å². The summed E-state index contributed by atoms with van der Waals surface area (Å²) in [5.74, 6) is 2.79. The summed E-state index contributed by atoms with van der Waals surface area (Å²) in [6, 6.07) is 0. The van der Waals surface area contributed by atoms with Gasteiger partial charge in [-0.15, -0.1) is 0 Å². The molecular formula is C13H22O2. The number of ether oxygens (including phenoxy) is 1. The molecule has 1 saturated heterocycles. The Labute approximate surface area is 92.0 Å². The third-order valence-electron chi connectivity index (χ3n) is 4.86. The van der Waals surface area contributed by atoms with Crippen molar-refractivity contribution in [1.29, 1.82) is 0 Å². The van der Waals surface area contributed by atoms with Crippen LogP contribution in [-0.2, 0) is 4.74 Å². The minimum Gasteiger partial charge on any atom is -0.396 e. The number of fused-ring (bicyclic) bond motifs is 1. The minimum absolute atomic E-state index is 0.315. The van der Waals surface area contributed by atoms with E-state index >= 15 is 0 Å². The predicted octanol–water partition coefficient (Wildman–Crippen LogP) is 2.21. The van der Waals surface area contributed by atoms with Crippen LogP contribution in [-0.4, -0.2) is 24.9 Å². The predicted molar refractivity (Wildman–Crippen MR) is 58.5 cm³/mol. The summed E-state index contributed by atoms with van der Waals surface area (Å²) < 4.78 is 5.40. The molecule has 1 heterocycles. The van der Waals surface area contributed by atoms with Gasteiger partial charge in [-0.25, -0.2) is 0 Å². The number of aliphatic hydroxyl groups is 1. The number of hydrogen-bond donors (Lipinski definition) is 1. The first-order chi connectivity index (χ1) is 7.31. The van der Waals surface area contributed by atoms with E-state index in [2.05, 4.69) is 0 Å². The van der Waals surface area contributed by atoms with Crippen molar-refractivity contribution in [2.24, 2.45) is 23.2 Å². The average molecular weight is 210 g/mol. The van der Waals surface area contributed by atoms with E-state index in [1.807, 2.05) is 0 Å². The lowest BCUT2D eigenvalue weighted by molar-refractivity contribution is 0.0274. The molecule has 2 atom stereocenters. The lowest BCUT2D eigenvalue weighted by Gasteiger charge is -2.34. The second-order valence-corrected chi connectivity index (χ2v) is 6.08. The standard InChI is InChI=1S/C13H22O2/c14-9-13(7-11-5-12(11)8-13)6-10-1-3-15-4-2-10/h10-12,14H,1-9H2. The molecule has 2 nitrogen and oxygen atoms in total. The van der Waals surface area contributed by atoms with Crippen LogP contribution in [0.4, 0.5) is 0 Å². The molecule has 1 N–H and O–H groups in total. The van der Waals surface area contributed by atoms with Crippen LogP contribution in [0.5, 0.6) is 0 Å². The molecule has 3 fully saturated rings. The molecule has 1 aliphatic heterocycles. The highest BCUT2D eigenvalue weighted by molar-refractivity contribution is 5.03. The molecule has 3 aliphatic rings. The monoisotopic (exact) mass is 210 g/mol. The normalized spacial score (nSPS) is 45.4. The van der Waals surface area contributed by atoms with Gasteiger partial charge in [0.1, 0.15) is 0 Å². The summed E-state index contributed by atoms with van der Waals surface area (Å²) in [6.45, 7) is 2.31. The summed E-state index contributed by atoms with van der Waals surface area (Å²) in [5.41, 5.74) is 0.315. The molecule has 0 radical (unpaired) electrons. The van der Waals surface area contributed by atoms with Crippen LogP contribution in [0.1, 0.15) is 38.5 Å². The molecule has 0 bridgehead atoms. The highest BCUT2D eigenvalue weighted by Crippen LogP contribution is 2.61. The third-order valence-corrected chi connectivity index (χ3v) is 4.86. The van der Waals surface area contributed by atoms with Gasteiger partial charge in [0.15, 0.2) is 0 Å². The van der Waals surface area contributed by atoms with E-state index in [0.717, 1.165) is 31.0 Å². The molecule has 0 aromatic carbocycles. The van der Waals surface area contributed by atoms with Crippen molar-refractivity contribution in [3.05, 3.63) is 0 Å². The second kappa shape index (κ2) is 3.74. The van der Waals surface area contributed by atoms with Crippen LogP contribution < -0.4 is 0 Å². The number of aliphatic hydroxyl groups excluding tert-OH is 1. The first-order valence-electron chi connectivity index (χ1n) is 6.50. The highest BCUT2D eigenvalue weighted by atomic mass is 16.5. The zero-order valence-electron chi connectivity index (χ0n) is 9.45. The molecule has 0 spiro atoms. The van der Waals surface area contributed by atoms with Crippen molar-refractivity contribution in [3.63, 3.8) is 0 Å². The van der Waals surface area contributed by atoms with Gasteiger partial charge in [-0.1, -0.05) is 0 Å². The second-order valence-electron chi connectivity index (χ2n) is 6.08. The van der Waals surface area contributed by atoms with Crippen LogP contribution in [0.3, 0.4) is 0 Å². The molecule has 0 aromatic rings. The van der Waals surface area contributed by atoms with Crippen LogP contribution in [0.15, 0.2) is 0 Å². The van der Waals surface area contributed by atoms with E-state index in [4.69, 9.17) is 4.74 Å². The van der Waals surface area contributed by atoms with Gasteiger partial charge in [0.25, 0.3) is 0 Å². The summed E-state index contributed by atoms with van der Waals surface area (Å²) >= 11 is 0. The van der Waals surface area contributed by atoms with Crippen molar-refractivity contribution < 1.29 is 9.84 Å². The average Bonchev–Trinajstić information content (AvgIpc) is 2.89. The van der Waals surface area contributed by atoms with Gasteiger partial charge < -0.3 is 9.84 Å². The Balaban J connectivity index is 1.59. The van der Waals surface area contributed by atoms with Crippen LogP contribution in [0.25, 0.3) is 0 Å². The van der Waals surface area contributed by atoms with E-state index in [-0.39, 0.29) is 0 Å². The van der Waals surface area contributed by atoms with Gasteiger partial charge in [0, 0.05) is 19.8 Å². The van der Waals surface area contributed by atoms with Gasteiger partial charge in [0.05, 0.1) is 0 Å². The fourth-order valence-corrected chi connectivity index (χ4v) is 3.93. The molecule has 2 heteroatoms. The zero-order valence-corrected chi connectivity index (χ0v) is 9.45. The van der Waals surface area contributed by atoms with Crippen LogP contribution in [0.2, 0.25) is 0 Å². The molecule has 0 aromatic heterocycles. The highest BCUT2D eigenvalue weighted by Gasteiger charge is 2.53. The Hall–Kier alpha value is -0.0800. The smallest absolute Gasteiger partial charge is 0.0487 e. The fraction of sp³-hybridized carbons (Fsp3) is 1.00. The summed E-state index contributed by atoms with van der Waals surface area (Å²) in [5, 5.41) is 9.65. The van der Waals surface area contributed by atoms with Crippen LogP contribution in [0, 0.1) is 23.2 Å². The van der Waals surface area contributed by atoms with E-state index in [1.165, 1.54) is 38.5 Å². The van der Waals surface area contributed by atoms with Crippen molar-refractivity contribution in [2.75, 3.05) is 19.8 Å². The Morgan fingerprint density at radius 2 is 1.80 bits per heavy atom. The van der Waals surface area contributed by atoms with Gasteiger partial charge in [0.2, 0.25) is 0 Å². The quantitative estimate of drug-likeness (QED) is 0.774. The van der Waals surface area contributed by atoms with Crippen molar-refractivity contribution >= 4 is 0 Å². The fourth-order valence-electron chi connectivity index (χ4n) is 3.93. The maximum atomic E-state index is 9.65. The molecular weight excluding hydrogens is 188 g/mol. The molecule has 2 unspecified atom stereocenters. The molecule has 2 saturated carbocycles. The van der Waals surface area contributed by atoms with Gasteiger partial charge in [-0.05, 0) is 61.7 Å². The van der Waals surface area contributed by atoms with Crippen molar-refractivity contribution in [3.8, 4) is 0 Å². The first-order valence-corrected chi connectivity index (χ1v) is 6.50. The summed E-state index contributed by atoms with van der Waals surface area (Å²) in [6.07, 6.45) is 7.78. The third kappa shape index (κ3) is 1.94. The topological polar surface area (TPSA) is 29.5 Å². The van der Waals surface area contributed by atoms with Crippen molar-refractivity contribution in [2.45, 2.75) is 38.5 Å².